The molecule has 0 spiro atoms. The molecule has 1 rings (SSSR count). The second-order valence-corrected chi connectivity index (χ2v) is 8.68. The molecule has 14 heteroatoms. The predicted octanol–water partition coefficient (Wildman–Crippen LogP) is -2.41. The van der Waals surface area contributed by atoms with Crippen LogP contribution >= 0.6 is 0 Å². The number of carboxylic acid groups (broad SMARTS) is 1. The zero-order chi connectivity index (χ0) is 26.6. The van der Waals surface area contributed by atoms with Gasteiger partial charge in [-0.05, 0) is 12.3 Å². The van der Waals surface area contributed by atoms with Gasteiger partial charge in [0.05, 0.1) is 38.6 Å². The van der Waals surface area contributed by atoms with Crippen LogP contribution in [0.15, 0.2) is 0 Å². The molecular weight excluding hydrogens is 472 g/mol. The summed E-state index contributed by atoms with van der Waals surface area (Å²) in [4.78, 5) is 36.2. The van der Waals surface area contributed by atoms with E-state index in [2.05, 4.69) is 10.6 Å². The second kappa shape index (κ2) is 15.1. The van der Waals surface area contributed by atoms with Crippen molar-refractivity contribution < 1.29 is 58.9 Å². The monoisotopic (exact) mass is 510 g/mol. The van der Waals surface area contributed by atoms with Crippen molar-refractivity contribution in [1.82, 2.24) is 10.6 Å². The number of hydrogen-bond donors (Lipinski definition) is 7. The number of methoxy groups -OCH3 is 1. The maximum absolute atomic E-state index is 12.4. The molecule has 0 radical (unpaired) electrons. The number of carboxylic acids is 1. The topological polar surface area (TPSA) is 213 Å². The van der Waals surface area contributed by atoms with Gasteiger partial charge in [-0.15, -0.1) is 0 Å². The summed E-state index contributed by atoms with van der Waals surface area (Å²) in [6.45, 7) is 2.85. The lowest BCUT2D eigenvalue weighted by molar-refractivity contribution is -0.233. The summed E-state index contributed by atoms with van der Waals surface area (Å²) in [5.41, 5.74) is -1.89. The van der Waals surface area contributed by atoms with E-state index in [1.165, 1.54) is 7.11 Å². The van der Waals surface area contributed by atoms with Gasteiger partial charge in [0.2, 0.25) is 5.91 Å². The van der Waals surface area contributed by atoms with E-state index in [0.717, 1.165) is 0 Å². The first-order valence-electron chi connectivity index (χ1n) is 11.3. The molecule has 14 nitrogen and oxygen atoms in total. The Kier molecular flexibility index (Phi) is 13.4. The van der Waals surface area contributed by atoms with Crippen LogP contribution in [0.1, 0.15) is 26.7 Å². The van der Waals surface area contributed by atoms with Gasteiger partial charge in [0, 0.05) is 13.5 Å². The molecule has 1 saturated heterocycles. The van der Waals surface area contributed by atoms with Crippen molar-refractivity contribution in [3.8, 4) is 0 Å². The van der Waals surface area contributed by atoms with Crippen LogP contribution in [-0.4, -0.2) is 126 Å². The van der Waals surface area contributed by atoms with Crippen LogP contribution in [-0.2, 0) is 28.5 Å². The fourth-order valence-electron chi connectivity index (χ4n) is 3.75. The highest BCUT2D eigenvalue weighted by atomic mass is 16.6. The van der Waals surface area contributed by atoms with Crippen LogP contribution < -0.4 is 10.6 Å². The molecule has 7 N–H and O–H groups in total. The molecule has 0 aromatic rings. The molecule has 0 saturated carbocycles. The number of amides is 2. The van der Waals surface area contributed by atoms with Gasteiger partial charge < -0.3 is 55.1 Å². The molecule has 0 aromatic heterocycles. The molecule has 35 heavy (non-hydrogen) atoms. The summed E-state index contributed by atoms with van der Waals surface area (Å²) < 4.78 is 20.5. The van der Waals surface area contributed by atoms with E-state index in [1.54, 1.807) is 13.8 Å². The van der Waals surface area contributed by atoms with Gasteiger partial charge >= 0.3 is 12.1 Å². The van der Waals surface area contributed by atoms with Gasteiger partial charge in [-0.1, -0.05) is 13.8 Å². The Balaban J connectivity index is 2.79. The first kappa shape index (κ1) is 31.0. The van der Waals surface area contributed by atoms with Crippen molar-refractivity contribution in [3.05, 3.63) is 0 Å². The van der Waals surface area contributed by atoms with Gasteiger partial charge in [-0.3, -0.25) is 4.79 Å². The van der Waals surface area contributed by atoms with Crippen LogP contribution in [0, 0.1) is 5.92 Å². The van der Waals surface area contributed by atoms with E-state index in [9.17, 15) is 39.9 Å². The van der Waals surface area contributed by atoms with Crippen molar-refractivity contribution in [2.45, 2.75) is 62.7 Å². The summed E-state index contributed by atoms with van der Waals surface area (Å²) in [5.74, 6) is -2.33. The molecule has 1 fully saturated rings. The number of ether oxygens (including phenoxy) is 4. The van der Waals surface area contributed by atoms with Crippen LogP contribution in [0.5, 0.6) is 0 Å². The van der Waals surface area contributed by atoms with E-state index in [0.29, 0.717) is 13.2 Å². The van der Waals surface area contributed by atoms with E-state index in [1.807, 2.05) is 0 Å². The first-order chi connectivity index (χ1) is 16.5. The maximum Gasteiger partial charge on any atom is 0.407 e. The fourth-order valence-corrected chi connectivity index (χ4v) is 3.75. The van der Waals surface area contributed by atoms with Gasteiger partial charge in [-0.2, -0.15) is 0 Å². The highest BCUT2D eigenvalue weighted by Gasteiger charge is 2.54. The first-order valence-corrected chi connectivity index (χ1v) is 11.3. The number of carbonyl (C=O) groups is 3. The van der Waals surface area contributed by atoms with E-state index in [4.69, 9.17) is 18.9 Å². The van der Waals surface area contributed by atoms with E-state index >= 15 is 0 Å². The lowest BCUT2D eigenvalue weighted by Gasteiger charge is -2.47. The summed E-state index contributed by atoms with van der Waals surface area (Å²) in [6.07, 6.45) is -7.93. The van der Waals surface area contributed by atoms with Crippen molar-refractivity contribution in [3.63, 3.8) is 0 Å². The molecule has 204 valence electrons. The average Bonchev–Trinajstić information content (AvgIpc) is 2.79. The van der Waals surface area contributed by atoms with Gasteiger partial charge in [0.25, 0.3) is 0 Å². The Morgan fingerprint density at radius 2 is 1.80 bits per heavy atom. The van der Waals surface area contributed by atoms with Crippen molar-refractivity contribution >= 4 is 18.0 Å². The Labute approximate surface area is 203 Å². The number of rotatable bonds is 15. The third kappa shape index (κ3) is 9.83. The Hall–Kier alpha value is -2.07. The Morgan fingerprint density at radius 3 is 2.37 bits per heavy atom. The minimum Gasteiger partial charge on any atom is -0.479 e. The van der Waals surface area contributed by atoms with E-state index < -0.39 is 73.6 Å². The zero-order valence-corrected chi connectivity index (χ0v) is 20.2. The molecule has 1 aliphatic rings. The third-order valence-corrected chi connectivity index (χ3v) is 5.33. The SMILES string of the molecule is COCCOCCOC(=O)NCC(=O)N[C@H]1C([C@H](O)[C@H](O)CO)O[C@@](CC(C)C)(C(=O)O)C[C@@H]1O. The van der Waals surface area contributed by atoms with Crippen molar-refractivity contribution in [1.29, 1.82) is 0 Å². The van der Waals surface area contributed by atoms with Crippen LogP contribution in [0.3, 0.4) is 0 Å². The number of aliphatic hydroxyl groups excluding tert-OH is 4. The summed E-state index contributed by atoms with van der Waals surface area (Å²) >= 11 is 0. The lowest BCUT2D eigenvalue weighted by Crippen LogP contribution is -2.68. The summed E-state index contributed by atoms with van der Waals surface area (Å²) in [7, 11) is 1.52. The molecule has 6 atom stereocenters. The smallest absolute Gasteiger partial charge is 0.407 e. The summed E-state index contributed by atoms with van der Waals surface area (Å²) in [6, 6.07) is -1.34. The number of nitrogens with one attached hydrogen (secondary N) is 2. The average molecular weight is 511 g/mol. The lowest BCUT2D eigenvalue weighted by atomic mass is 9.79. The highest BCUT2D eigenvalue weighted by Crippen LogP contribution is 2.36. The van der Waals surface area contributed by atoms with Gasteiger partial charge in [-0.25, -0.2) is 9.59 Å². The molecule has 0 aliphatic carbocycles. The maximum atomic E-state index is 12.4. The number of aliphatic hydroxyl groups is 4. The molecule has 1 heterocycles. The van der Waals surface area contributed by atoms with E-state index in [-0.39, 0.29) is 25.6 Å². The van der Waals surface area contributed by atoms with Crippen LogP contribution in [0.4, 0.5) is 4.79 Å². The second-order valence-electron chi connectivity index (χ2n) is 8.68. The van der Waals surface area contributed by atoms with Crippen molar-refractivity contribution in [2.75, 3.05) is 46.7 Å². The Bertz CT molecular complexity index is 679. The number of aliphatic carboxylic acids is 1. The number of hydrogen-bond acceptors (Lipinski definition) is 11. The summed E-state index contributed by atoms with van der Waals surface area (Å²) in [5, 5.41) is 54.7. The standard InChI is InChI=1S/C21H38N2O12/c1-12(2)8-21(19(29)30)9-13(25)16(18(35-21)17(28)14(26)11-24)23-15(27)10-22-20(31)34-7-6-33-5-4-32-3/h12-14,16-18,24-26,28H,4-11H2,1-3H3,(H,22,31)(H,23,27)(H,29,30)/t13-,14+,16+,17+,18?,21+/m0/s1. The molecule has 0 aromatic carbocycles. The molecular formula is C21H38N2O12. The van der Waals surface area contributed by atoms with Crippen molar-refractivity contribution in [2.24, 2.45) is 5.92 Å². The molecule has 1 aliphatic heterocycles. The minimum atomic E-state index is -1.89. The van der Waals surface area contributed by atoms with Gasteiger partial charge in [0.1, 0.15) is 31.5 Å². The third-order valence-electron chi connectivity index (χ3n) is 5.33. The predicted molar refractivity (Wildman–Crippen MR) is 118 cm³/mol. The zero-order valence-electron chi connectivity index (χ0n) is 20.2. The quantitative estimate of drug-likeness (QED) is 0.115. The molecule has 0 bridgehead atoms. The fraction of sp³-hybridized carbons (Fsp3) is 0.857. The van der Waals surface area contributed by atoms with Crippen LogP contribution in [0.25, 0.3) is 0 Å². The van der Waals surface area contributed by atoms with Gasteiger partial charge in [0.15, 0.2) is 5.60 Å². The highest BCUT2D eigenvalue weighted by molar-refractivity contribution is 5.82. The normalized spacial score (nSPS) is 26.1. The van der Waals surface area contributed by atoms with Crippen LogP contribution in [0.2, 0.25) is 0 Å². The molecule has 1 unspecified atom stereocenters. The minimum absolute atomic E-state index is 0.0128. The number of alkyl carbamates (subject to hydrolysis) is 1. The number of carbonyl (C=O) groups excluding carboxylic acids is 2. The molecule has 2 amide bonds. The largest absolute Gasteiger partial charge is 0.479 e. The Morgan fingerprint density at radius 1 is 1.14 bits per heavy atom.